The maximum absolute atomic E-state index is 12.7. The third kappa shape index (κ3) is 4.52. The molecule has 0 aliphatic carbocycles. The van der Waals surface area contributed by atoms with Gasteiger partial charge in [-0.3, -0.25) is 4.79 Å². The van der Waals surface area contributed by atoms with Crippen LogP contribution in [0.1, 0.15) is 45.1 Å². The van der Waals surface area contributed by atoms with E-state index in [4.69, 9.17) is 4.52 Å². The molecule has 8 nitrogen and oxygen atoms in total. The van der Waals surface area contributed by atoms with E-state index < -0.39 is 10.0 Å². The molecule has 0 aliphatic heterocycles. The molecule has 3 aromatic rings. The average molecular weight is 431 g/mol. The lowest BCUT2D eigenvalue weighted by Crippen LogP contribution is -2.32. The number of rotatable bonds is 8. The molecule has 9 heteroatoms. The highest BCUT2D eigenvalue weighted by Gasteiger charge is 2.22. The summed E-state index contributed by atoms with van der Waals surface area (Å²) in [6.07, 6.45) is 1.32. The summed E-state index contributed by atoms with van der Waals surface area (Å²) in [6.45, 7) is 8.45. The number of hydrogen-bond donors (Lipinski definition) is 0. The Hall–Kier alpha value is -2.78. The Kier molecular flexibility index (Phi) is 6.52. The summed E-state index contributed by atoms with van der Waals surface area (Å²) >= 11 is 0. The van der Waals surface area contributed by atoms with Crippen LogP contribution in [0.4, 0.5) is 0 Å². The van der Waals surface area contributed by atoms with E-state index >= 15 is 0 Å². The fourth-order valence-corrected chi connectivity index (χ4v) is 4.58. The maximum Gasteiger partial charge on any atom is 0.251 e. The number of aromatic nitrogens is 3. The predicted molar refractivity (Wildman–Crippen MR) is 114 cm³/mol. The first-order chi connectivity index (χ1) is 14.3. The minimum absolute atomic E-state index is 0.0163. The van der Waals surface area contributed by atoms with Crippen molar-refractivity contribution in [1.82, 2.24) is 19.0 Å². The van der Waals surface area contributed by atoms with E-state index in [0.717, 1.165) is 5.56 Å². The molecule has 30 heavy (non-hydrogen) atoms. The molecule has 0 atom stereocenters. The summed E-state index contributed by atoms with van der Waals surface area (Å²) in [5, 5.41) is 3.98. The normalized spacial score (nSPS) is 12.1. The van der Waals surface area contributed by atoms with Crippen LogP contribution in [-0.4, -0.2) is 40.5 Å². The summed E-state index contributed by atoms with van der Waals surface area (Å²) in [6, 6.07) is 10.4. The number of pyridine rings is 1. The van der Waals surface area contributed by atoms with Gasteiger partial charge in [0, 0.05) is 30.9 Å². The van der Waals surface area contributed by atoms with E-state index in [1.807, 2.05) is 24.3 Å². The second kappa shape index (κ2) is 8.93. The lowest BCUT2D eigenvalue weighted by Gasteiger charge is -2.18. The molecular weight excluding hydrogens is 404 g/mol. The molecule has 160 valence electrons. The van der Waals surface area contributed by atoms with Crippen LogP contribution in [0.25, 0.3) is 11.4 Å². The van der Waals surface area contributed by atoms with E-state index in [0.29, 0.717) is 24.8 Å². The van der Waals surface area contributed by atoms with Crippen molar-refractivity contribution in [3.05, 3.63) is 64.4 Å². The quantitative estimate of drug-likeness (QED) is 0.545. The Morgan fingerprint density at radius 3 is 2.33 bits per heavy atom. The number of benzene rings is 1. The Labute approximate surface area is 176 Å². The van der Waals surface area contributed by atoms with Crippen molar-refractivity contribution in [2.45, 2.75) is 45.1 Å². The first-order valence-corrected chi connectivity index (χ1v) is 11.3. The Morgan fingerprint density at radius 2 is 1.73 bits per heavy atom. The van der Waals surface area contributed by atoms with Crippen molar-refractivity contribution < 1.29 is 12.9 Å². The fourth-order valence-electron chi connectivity index (χ4n) is 3.10. The molecule has 0 N–H and O–H groups in total. The van der Waals surface area contributed by atoms with Crippen molar-refractivity contribution in [2.24, 2.45) is 0 Å². The smallest absolute Gasteiger partial charge is 0.251 e. The highest BCUT2D eigenvalue weighted by atomic mass is 32.2. The zero-order valence-electron chi connectivity index (χ0n) is 17.6. The Morgan fingerprint density at radius 1 is 1.07 bits per heavy atom. The molecular formula is C21H26N4O4S. The molecule has 0 spiro atoms. The van der Waals surface area contributed by atoms with Gasteiger partial charge in [0.2, 0.25) is 21.7 Å². The van der Waals surface area contributed by atoms with Gasteiger partial charge in [-0.15, -0.1) is 0 Å². The van der Waals surface area contributed by atoms with Crippen molar-refractivity contribution >= 4 is 10.0 Å². The molecule has 0 unspecified atom stereocenters. The number of hydrogen-bond acceptors (Lipinski definition) is 6. The highest BCUT2D eigenvalue weighted by molar-refractivity contribution is 7.89. The van der Waals surface area contributed by atoms with Crippen LogP contribution >= 0.6 is 0 Å². The highest BCUT2D eigenvalue weighted by Crippen LogP contribution is 2.21. The maximum atomic E-state index is 12.7. The average Bonchev–Trinajstić information content (AvgIpc) is 3.19. The topological polar surface area (TPSA) is 98.3 Å². The molecule has 0 fully saturated rings. The standard InChI is InChI=1S/C21H26N4O4S/c1-5-25(6-2)30(27,28)18-11-12-20(26)24(13-18)14-19-22-21(23-29-19)17-9-7-16(8-10-17)15(3)4/h7-13,15H,5-6,14H2,1-4H3. The van der Waals surface area contributed by atoms with Gasteiger partial charge in [0.15, 0.2) is 0 Å². The first-order valence-electron chi connectivity index (χ1n) is 9.89. The van der Waals surface area contributed by atoms with E-state index in [1.54, 1.807) is 13.8 Å². The molecule has 0 aliphatic rings. The summed E-state index contributed by atoms with van der Waals surface area (Å²) < 4.78 is 33.4. The van der Waals surface area contributed by atoms with E-state index in [9.17, 15) is 13.2 Å². The zero-order valence-corrected chi connectivity index (χ0v) is 18.4. The zero-order chi connectivity index (χ0) is 21.9. The molecule has 0 saturated heterocycles. The largest absolute Gasteiger partial charge is 0.337 e. The molecule has 0 radical (unpaired) electrons. The first kappa shape index (κ1) is 21.9. The van der Waals surface area contributed by atoms with Gasteiger partial charge in [-0.2, -0.15) is 9.29 Å². The van der Waals surface area contributed by atoms with Gasteiger partial charge in [-0.1, -0.05) is 57.1 Å². The molecule has 3 rings (SSSR count). The van der Waals surface area contributed by atoms with Crippen molar-refractivity contribution in [1.29, 1.82) is 0 Å². The minimum atomic E-state index is -3.67. The fraction of sp³-hybridized carbons (Fsp3) is 0.381. The third-order valence-corrected chi connectivity index (χ3v) is 6.94. The van der Waals surface area contributed by atoms with E-state index in [-0.39, 0.29) is 22.9 Å². The van der Waals surface area contributed by atoms with Gasteiger partial charge in [0.1, 0.15) is 6.54 Å². The minimum Gasteiger partial charge on any atom is -0.337 e. The second-order valence-corrected chi connectivity index (χ2v) is 9.15. The van der Waals surface area contributed by atoms with Gasteiger partial charge in [0.25, 0.3) is 5.56 Å². The summed E-state index contributed by atoms with van der Waals surface area (Å²) in [7, 11) is -3.67. The van der Waals surface area contributed by atoms with Crippen LogP contribution in [0.5, 0.6) is 0 Å². The van der Waals surface area contributed by atoms with Crippen LogP contribution in [0.3, 0.4) is 0 Å². The summed E-state index contributed by atoms with van der Waals surface area (Å²) in [5.74, 6) is 1.06. The van der Waals surface area contributed by atoms with E-state index in [2.05, 4.69) is 24.0 Å². The van der Waals surface area contributed by atoms with Gasteiger partial charge < -0.3 is 9.09 Å². The van der Waals surface area contributed by atoms with Gasteiger partial charge in [-0.25, -0.2) is 8.42 Å². The van der Waals surface area contributed by atoms with Crippen LogP contribution in [-0.2, 0) is 16.6 Å². The third-order valence-electron chi connectivity index (χ3n) is 4.91. The molecule has 1 aromatic carbocycles. The lowest BCUT2D eigenvalue weighted by molar-refractivity contribution is 0.369. The van der Waals surface area contributed by atoms with Crippen LogP contribution < -0.4 is 5.56 Å². The van der Waals surface area contributed by atoms with Gasteiger partial charge >= 0.3 is 0 Å². The molecule has 0 amide bonds. The number of nitrogens with zero attached hydrogens (tertiary/aromatic N) is 4. The lowest BCUT2D eigenvalue weighted by atomic mass is 10.0. The second-order valence-electron chi connectivity index (χ2n) is 7.21. The Bertz CT molecular complexity index is 1160. The van der Waals surface area contributed by atoms with Crippen molar-refractivity contribution in [3.8, 4) is 11.4 Å². The van der Waals surface area contributed by atoms with Gasteiger partial charge in [0.05, 0.1) is 4.90 Å². The molecule has 0 saturated carbocycles. The van der Waals surface area contributed by atoms with Crippen LogP contribution in [0, 0.1) is 0 Å². The van der Waals surface area contributed by atoms with Crippen molar-refractivity contribution in [2.75, 3.05) is 13.1 Å². The molecule has 0 bridgehead atoms. The monoisotopic (exact) mass is 430 g/mol. The summed E-state index contributed by atoms with van der Waals surface area (Å²) in [4.78, 5) is 16.7. The molecule has 2 heterocycles. The van der Waals surface area contributed by atoms with Gasteiger partial charge in [-0.05, 0) is 17.5 Å². The van der Waals surface area contributed by atoms with E-state index in [1.165, 1.54) is 32.8 Å². The van der Waals surface area contributed by atoms with Crippen LogP contribution in [0.15, 0.2) is 56.8 Å². The van der Waals surface area contributed by atoms with Crippen molar-refractivity contribution in [3.63, 3.8) is 0 Å². The summed E-state index contributed by atoms with van der Waals surface area (Å²) in [5.41, 5.74) is 1.66. The Balaban J connectivity index is 1.86. The predicted octanol–water partition coefficient (Wildman–Crippen LogP) is 3.10. The van der Waals surface area contributed by atoms with Crippen LogP contribution in [0.2, 0.25) is 0 Å². The molecule has 2 aromatic heterocycles. The number of sulfonamides is 1. The SMILES string of the molecule is CCN(CC)S(=O)(=O)c1ccc(=O)n(Cc2nc(-c3ccc(C(C)C)cc3)no2)c1.